The molecule has 0 aliphatic carbocycles. The molecule has 1 aromatic carbocycles. The Bertz CT molecular complexity index is 557. The Morgan fingerprint density at radius 2 is 2.06 bits per heavy atom. The summed E-state index contributed by atoms with van der Waals surface area (Å²) in [7, 11) is -2.28. The predicted octanol–water partition coefficient (Wildman–Crippen LogP) is 1.47. The first-order valence-electron chi connectivity index (χ1n) is 5.35. The third-order valence-corrected chi connectivity index (χ3v) is 3.78. The predicted molar refractivity (Wildman–Crippen MR) is 70.1 cm³/mol. The lowest BCUT2D eigenvalue weighted by Gasteiger charge is -2.16. The summed E-state index contributed by atoms with van der Waals surface area (Å²) in [6.07, 6.45) is 0.817. The van der Waals surface area contributed by atoms with Crippen molar-refractivity contribution in [1.29, 1.82) is 0 Å². The number of nitrogens with two attached hydrogens (primary N) is 1. The molecule has 1 aromatic rings. The molecular formula is C11H15ClN2O3S. The lowest BCUT2D eigenvalue weighted by atomic mass is 10.2. The van der Waals surface area contributed by atoms with E-state index in [1.807, 2.05) is 6.92 Å². The second-order valence-corrected chi connectivity index (χ2v) is 5.85. The van der Waals surface area contributed by atoms with Crippen molar-refractivity contribution in [3.8, 4) is 0 Å². The van der Waals surface area contributed by atoms with Gasteiger partial charge in [0.1, 0.15) is 4.90 Å². The van der Waals surface area contributed by atoms with E-state index < -0.39 is 10.0 Å². The Balaban J connectivity index is 3.17. The van der Waals surface area contributed by atoms with E-state index in [1.165, 1.54) is 23.1 Å². The summed E-state index contributed by atoms with van der Waals surface area (Å²) in [5, 5.41) is 5.03. The lowest BCUT2D eigenvalue weighted by Crippen LogP contribution is -2.27. The summed E-state index contributed by atoms with van der Waals surface area (Å²) in [5.41, 5.74) is 0.249. The quantitative estimate of drug-likeness (QED) is 0.912. The Hall–Kier alpha value is -1.11. The number of nitrogens with zero attached hydrogens (tertiary/aromatic N) is 1. The molecule has 1 amide bonds. The molecule has 0 bridgehead atoms. The Morgan fingerprint density at radius 3 is 2.56 bits per heavy atom. The molecule has 0 heterocycles. The molecule has 0 radical (unpaired) electrons. The number of carbonyl (C=O) groups excluding carboxylic acids is 1. The maximum absolute atomic E-state index is 12.0. The number of halogens is 1. The van der Waals surface area contributed by atoms with Gasteiger partial charge in [-0.25, -0.2) is 13.6 Å². The van der Waals surface area contributed by atoms with Gasteiger partial charge in [-0.1, -0.05) is 18.5 Å². The van der Waals surface area contributed by atoms with Crippen molar-refractivity contribution in [3.63, 3.8) is 0 Å². The zero-order valence-corrected chi connectivity index (χ0v) is 11.8. The van der Waals surface area contributed by atoms with Crippen LogP contribution in [-0.4, -0.2) is 32.8 Å². The summed E-state index contributed by atoms with van der Waals surface area (Å²) in [5.74, 6) is -0.265. The highest BCUT2D eigenvalue weighted by Crippen LogP contribution is 2.22. The topological polar surface area (TPSA) is 80.5 Å². The second-order valence-electron chi connectivity index (χ2n) is 3.92. The molecule has 2 N–H and O–H groups in total. The standard InChI is InChI=1S/C11H15ClN2O3S/c1-3-6-14(2)11(15)8-4-5-9(12)10(7-8)18(13,16)17/h4-5,7H,3,6H2,1-2H3,(H2,13,16,17). The van der Waals surface area contributed by atoms with E-state index in [9.17, 15) is 13.2 Å². The van der Waals surface area contributed by atoms with Gasteiger partial charge in [0.15, 0.2) is 0 Å². The summed E-state index contributed by atoms with van der Waals surface area (Å²) < 4.78 is 22.6. The normalized spacial score (nSPS) is 11.3. The Labute approximate surface area is 112 Å². The third kappa shape index (κ3) is 3.44. The van der Waals surface area contributed by atoms with Gasteiger partial charge in [-0.15, -0.1) is 0 Å². The van der Waals surface area contributed by atoms with Crippen LogP contribution < -0.4 is 5.14 Å². The summed E-state index contributed by atoms with van der Waals surface area (Å²) >= 11 is 5.74. The highest BCUT2D eigenvalue weighted by atomic mass is 35.5. The van der Waals surface area contributed by atoms with Crippen molar-refractivity contribution in [2.24, 2.45) is 5.14 Å². The van der Waals surface area contributed by atoms with Gasteiger partial charge in [-0.3, -0.25) is 4.79 Å². The van der Waals surface area contributed by atoms with Gasteiger partial charge in [0.05, 0.1) is 5.02 Å². The Morgan fingerprint density at radius 1 is 1.44 bits per heavy atom. The molecule has 5 nitrogen and oxygen atoms in total. The summed E-state index contributed by atoms with van der Waals surface area (Å²) in [4.78, 5) is 13.2. The van der Waals surface area contributed by atoms with Crippen molar-refractivity contribution >= 4 is 27.5 Å². The molecule has 7 heteroatoms. The first-order chi connectivity index (χ1) is 8.27. The van der Waals surface area contributed by atoms with Crippen LogP contribution in [0.25, 0.3) is 0 Å². The number of hydrogen-bond donors (Lipinski definition) is 1. The highest BCUT2D eigenvalue weighted by Gasteiger charge is 2.17. The van der Waals surface area contributed by atoms with Gasteiger partial charge >= 0.3 is 0 Å². The van der Waals surface area contributed by atoms with Crippen LogP contribution in [-0.2, 0) is 10.0 Å². The first kappa shape index (κ1) is 14.9. The molecular weight excluding hydrogens is 276 g/mol. The molecule has 0 fully saturated rings. The van der Waals surface area contributed by atoms with E-state index in [-0.39, 0.29) is 21.4 Å². The van der Waals surface area contributed by atoms with Crippen LogP contribution in [0.15, 0.2) is 23.1 Å². The number of primary sulfonamides is 1. The molecule has 0 spiro atoms. The van der Waals surface area contributed by atoms with Gasteiger partial charge in [-0.2, -0.15) is 0 Å². The number of benzene rings is 1. The van der Waals surface area contributed by atoms with E-state index in [1.54, 1.807) is 7.05 Å². The van der Waals surface area contributed by atoms with E-state index in [0.717, 1.165) is 6.42 Å². The van der Waals surface area contributed by atoms with Crippen molar-refractivity contribution in [2.75, 3.05) is 13.6 Å². The van der Waals surface area contributed by atoms with Crippen LogP contribution in [0.1, 0.15) is 23.7 Å². The maximum Gasteiger partial charge on any atom is 0.253 e. The first-order valence-corrected chi connectivity index (χ1v) is 7.27. The summed E-state index contributed by atoms with van der Waals surface area (Å²) in [6, 6.07) is 4.03. The summed E-state index contributed by atoms with van der Waals surface area (Å²) in [6.45, 7) is 2.54. The molecule has 100 valence electrons. The fourth-order valence-corrected chi connectivity index (χ4v) is 2.58. The minimum Gasteiger partial charge on any atom is -0.342 e. The van der Waals surface area contributed by atoms with E-state index in [4.69, 9.17) is 16.7 Å². The molecule has 0 atom stereocenters. The zero-order chi connectivity index (χ0) is 13.9. The number of amides is 1. The van der Waals surface area contributed by atoms with Gasteiger partial charge < -0.3 is 4.90 Å². The molecule has 0 aliphatic heterocycles. The molecule has 0 aliphatic rings. The van der Waals surface area contributed by atoms with Gasteiger partial charge in [-0.05, 0) is 24.6 Å². The Kier molecular flexibility index (Phi) is 4.72. The highest BCUT2D eigenvalue weighted by molar-refractivity contribution is 7.89. The molecule has 18 heavy (non-hydrogen) atoms. The molecule has 0 saturated heterocycles. The minimum absolute atomic E-state index is 0.00666. The second kappa shape index (κ2) is 5.69. The number of hydrogen-bond acceptors (Lipinski definition) is 3. The monoisotopic (exact) mass is 290 g/mol. The van der Waals surface area contributed by atoms with Crippen molar-refractivity contribution in [1.82, 2.24) is 4.90 Å². The van der Waals surface area contributed by atoms with Crippen LogP contribution in [0.2, 0.25) is 5.02 Å². The largest absolute Gasteiger partial charge is 0.342 e. The van der Waals surface area contributed by atoms with E-state index >= 15 is 0 Å². The smallest absolute Gasteiger partial charge is 0.253 e. The van der Waals surface area contributed by atoms with Gasteiger partial charge in [0, 0.05) is 19.2 Å². The minimum atomic E-state index is -3.93. The average molecular weight is 291 g/mol. The van der Waals surface area contributed by atoms with Crippen LogP contribution in [0.3, 0.4) is 0 Å². The number of rotatable bonds is 4. The van der Waals surface area contributed by atoms with Gasteiger partial charge in [0.25, 0.3) is 5.91 Å². The zero-order valence-electron chi connectivity index (χ0n) is 10.2. The van der Waals surface area contributed by atoms with Crippen molar-refractivity contribution < 1.29 is 13.2 Å². The van der Waals surface area contributed by atoms with E-state index in [2.05, 4.69) is 0 Å². The number of carbonyl (C=O) groups is 1. The SMILES string of the molecule is CCCN(C)C(=O)c1ccc(Cl)c(S(N)(=O)=O)c1. The third-order valence-electron chi connectivity index (χ3n) is 2.39. The fourth-order valence-electron chi connectivity index (χ4n) is 1.51. The van der Waals surface area contributed by atoms with Crippen LogP contribution >= 0.6 is 11.6 Å². The average Bonchev–Trinajstić information content (AvgIpc) is 2.27. The molecule has 0 aromatic heterocycles. The van der Waals surface area contributed by atoms with Crippen molar-refractivity contribution in [2.45, 2.75) is 18.2 Å². The van der Waals surface area contributed by atoms with Crippen molar-refractivity contribution in [3.05, 3.63) is 28.8 Å². The van der Waals surface area contributed by atoms with E-state index in [0.29, 0.717) is 6.54 Å². The fraction of sp³-hybridized carbons (Fsp3) is 0.364. The maximum atomic E-state index is 12.0. The van der Waals surface area contributed by atoms with Gasteiger partial charge in [0.2, 0.25) is 10.0 Å². The molecule has 0 unspecified atom stereocenters. The number of sulfonamides is 1. The van der Waals surface area contributed by atoms with Crippen LogP contribution in [0, 0.1) is 0 Å². The molecule has 0 saturated carbocycles. The van der Waals surface area contributed by atoms with Crippen LogP contribution in [0.4, 0.5) is 0 Å². The lowest BCUT2D eigenvalue weighted by molar-refractivity contribution is 0.0795. The molecule has 1 rings (SSSR count). The van der Waals surface area contributed by atoms with Crippen LogP contribution in [0.5, 0.6) is 0 Å².